The van der Waals surface area contributed by atoms with Crippen LogP contribution in [0, 0.1) is 0 Å². The van der Waals surface area contributed by atoms with Gasteiger partial charge in [-0.1, -0.05) is 58.1 Å². The van der Waals surface area contributed by atoms with Crippen LogP contribution in [0.2, 0.25) is 0 Å². The summed E-state index contributed by atoms with van der Waals surface area (Å²) in [4.78, 5) is 0. The lowest BCUT2D eigenvalue weighted by molar-refractivity contribution is 0.304. The van der Waals surface area contributed by atoms with Crippen molar-refractivity contribution in [3.63, 3.8) is 0 Å². The summed E-state index contributed by atoms with van der Waals surface area (Å²) in [6.45, 7) is 5.21. The average molecular weight is 277 g/mol. The number of hydrogen-bond donors (Lipinski definition) is 1. The van der Waals surface area contributed by atoms with E-state index in [1.807, 2.05) is 6.07 Å². The van der Waals surface area contributed by atoms with E-state index in [9.17, 15) is 0 Å². The highest BCUT2D eigenvalue weighted by atomic mass is 16.5. The Bertz CT molecular complexity index is 351. The van der Waals surface area contributed by atoms with E-state index in [2.05, 4.69) is 32.0 Å². The molecule has 1 unspecified atom stereocenters. The van der Waals surface area contributed by atoms with E-state index in [-0.39, 0.29) is 6.04 Å². The summed E-state index contributed by atoms with van der Waals surface area (Å²) in [7, 11) is 0. The number of hydrogen-bond acceptors (Lipinski definition) is 2. The molecule has 0 aliphatic carbocycles. The molecule has 0 aliphatic heterocycles. The van der Waals surface area contributed by atoms with Gasteiger partial charge in [0.25, 0.3) is 0 Å². The lowest BCUT2D eigenvalue weighted by Gasteiger charge is -2.11. The topological polar surface area (TPSA) is 35.2 Å². The summed E-state index contributed by atoms with van der Waals surface area (Å²) in [6.07, 6.45) is 9.75. The van der Waals surface area contributed by atoms with E-state index in [0.29, 0.717) is 0 Å². The highest BCUT2D eigenvalue weighted by Gasteiger charge is 2.02. The van der Waals surface area contributed by atoms with Gasteiger partial charge >= 0.3 is 0 Å². The fourth-order valence-corrected chi connectivity index (χ4v) is 2.28. The largest absolute Gasteiger partial charge is 0.494 e. The summed E-state index contributed by atoms with van der Waals surface area (Å²) in [5.74, 6) is 0.986. The molecule has 0 spiro atoms. The average Bonchev–Trinajstić information content (AvgIpc) is 2.46. The third kappa shape index (κ3) is 7.54. The van der Waals surface area contributed by atoms with Crippen LogP contribution in [0.4, 0.5) is 0 Å². The SMILES string of the molecule is CCCCCCCCOc1cccc(CC(N)CC)c1. The van der Waals surface area contributed by atoms with Crippen molar-refractivity contribution in [2.24, 2.45) is 5.73 Å². The molecule has 0 fully saturated rings. The fraction of sp³-hybridized carbons (Fsp3) is 0.667. The molecule has 0 aliphatic rings. The van der Waals surface area contributed by atoms with Crippen LogP contribution >= 0.6 is 0 Å². The summed E-state index contributed by atoms with van der Waals surface area (Å²) < 4.78 is 5.83. The Balaban J connectivity index is 2.21. The van der Waals surface area contributed by atoms with Gasteiger partial charge in [0.05, 0.1) is 6.61 Å². The number of nitrogens with two attached hydrogens (primary N) is 1. The third-order valence-electron chi connectivity index (χ3n) is 3.69. The second-order valence-corrected chi connectivity index (χ2v) is 5.64. The molecule has 0 saturated carbocycles. The number of benzene rings is 1. The first-order chi connectivity index (χ1) is 9.76. The van der Waals surface area contributed by atoms with E-state index in [0.717, 1.165) is 31.6 Å². The molecule has 1 aromatic carbocycles. The maximum absolute atomic E-state index is 5.99. The number of ether oxygens (including phenoxy) is 1. The van der Waals surface area contributed by atoms with Crippen LogP contribution in [0.3, 0.4) is 0 Å². The maximum atomic E-state index is 5.99. The van der Waals surface area contributed by atoms with Crippen molar-refractivity contribution in [2.45, 2.75) is 71.3 Å². The lowest BCUT2D eigenvalue weighted by atomic mass is 10.0. The molecule has 114 valence electrons. The summed E-state index contributed by atoms with van der Waals surface area (Å²) in [5.41, 5.74) is 7.27. The Morgan fingerprint density at radius 2 is 1.80 bits per heavy atom. The quantitative estimate of drug-likeness (QED) is 0.595. The Morgan fingerprint density at radius 1 is 1.05 bits per heavy atom. The summed E-state index contributed by atoms with van der Waals surface area (Å²) >= 11 is 0. The molecule has 0 bridgehead atoms. The van der Waals surface area contributed by atoms with E-state index >= 15 is 0 Å². The minimum absolute atomic E-state index is 0.254. The van der Waals surface area contributed by atoms with Crippen LogP contribution < -0.4 is 10.5 Å². The molecule has 0 amide bonds. The summed E-state index contributed by atoms with van der Waals surface area (Å²) in [5, 5.41) is 0. The fourth-order valence-electron chi connectivity index (χ4n) is 2.28. The zero-order valence-corrected chi connectivity index (χ0v) is 13.2. The maximum Gasteiger partial charge on any atom is 0.119 e. The molecule has 0 aromatic heterocycles. The normalized spacial score (nSPS) is 12.3. The van der Waals surface area contributed by atoms with Crippen LogP contribution in [0.5, 0.6) is 5.75 Å². The van der Waals surface area contributed by atoms with Crippen molar-refractivity contribution in [3.8, 4) is 5.75 Å². The van der Waals surface area contributed by atoms with E-state index in [1.54, 1.807) is 0 Å². The monoisotopic (exact) mass is 277 g/mol. The van der Waals surface area contributed by atoms with Crippen LogP contribution in [-0.4, -0.2) is 12.6 Å². The van der Waals surface area contributed by atoms with Gasteiger partial charge in [0.1, 0.15) is 5.75 Å². The van der Waals surface area contributed by atoms with Gasteiger partial charge in [-0.25, -0.2) is 0 Å². The molecule has 0 heterocycles. The zero-order valence-electron chi connectivity index (χ0n) is 13.2. The van der Waals surface area contributed by atoms with Gasteiger partial charge in [-0.15, -0.1) is 0 Å². The highest BCUT2D eigenvalue weighted by molar-refractivity contribution is 5.29. The lowest BCUT2D eigenvalue weighted by Crippen LogP contribution is -2.21. The van der Waals surface area contributed by atoms with Gasteiger partial charge in [-0.3, -0.25) is 0 Å². The highest BCUT2D eigenvalue weighted by Crippen LogP contribution is 2.16. The number of rotatable bonds is 11. The Kier molecular flexibility index (Phi) is 9.14. The minimum Gasteiger partial charge on any atom is -0.494 e. The van der Waals surface area contributed by atoms with Crippen molar-refractivity contribution >= 4 is 0 Å². The zero-order chi connectivity index (χ0) is 14.6. The molecule has 0 saturated heterocycles. The van der Waals surface area contributed by atoms with Crippen molar-refractivity contribution in [2.75, 3.05) is 6.61 Å². The van der Waals surface area contributed by atoms with Crippen LogP contribution in [0.15, 0.2) is 24.3 Å². The summed E-state index contributed by atoms with van der Waals surface area (Å²) in [6, 6.07) is 8.62. The van der Waals surface area contributed by atoms with Crippen LogP contribution in [-0.2, 0) is 6.42 Å². The van der Waals surface area contributed by atoms with E-state index < -0.39 is 0 Å². The third-order valence-corrected chi connectivity index (χ3v) is 3.69. The second-order valence-electron chi connectivity index (χ2n) is 5.64. The standard InChI is InChI=1S/C18H31NO/c1-3-5-6-7-8-9-13-20-18-12-10-11-16(15-18)14-17(19)4-2/h10-12,15,17H,3-9,13-14,19H2,1-2H3. The minimum atomic E-state index is 0.254. The van der Waals surface area contributed by atoms with Crippen LogP contribution in [0.1, 0.15) is 64.4 Å². The molecule has 1 aromatic rings. The molecular weight excluding hydrogens is 246 g/mol. The predicted molar refractivity (Wildman–Crippen MR) is 87.3 cm³/mol. The first kappa shape index (κ1) is 17.0. The van der Waals surface area contributed by atoms with Gasteiger partial charge in [-0.2, -0.15) is 0 Å². The first-order valence-electron chi connectivity index (χ1n) is 8.23. The van der Waals surface area contributed by atoms with Crippen molar-refractivity contribution in [1.82, 2.24) is 0 Å². The van der Waals surface area contributed by atoms with Crippen molar-refractivity contribution in [1.29, 1.82) is 0 Å². The van der Waals surface area contributed by atoms with Crippen molar-refractivity contribution < 1.29 is 4.74 Å². The number of unbranched alkanes of at least 4 members (excludes halogenated alkanes) is 5. The van der Waals surface area contributed by atoms with Gasteiger partial charge in [-0.05, 0) is 37.0 Å². The molecule has 1 rings (SSSR count). The van der Waals surface area contributed by atoms with E-state index in [4.69, 9.17) is 10.5 Å². The Labute approximate surface area is 124 Å². The predicted octanol–water partition coefficient (Wildman–Crippen LogP) is 4.71. The van der Waals surface area contributed by atoms with Gasteiger partial charge in [0.2, 0.25) is 0 Å². The van der Waals surface area contributed by atoms with Gasteiger partial charge in [0, 0.05) is 6.04 Å². The second kappa shape index (κ2) is 10.7. The van der Waals surface area contributed by atoms with Gasteiger partial charge < -0.3 is 10.5 Å². The molecule has 20 heavy (non-hydrogen) atoms. The van der Waals surface area contributed by atoms with E-state index in [1.165, 1.54) is 37.7 Å². The Hall–Kier alpha value is -1.02. The van der Waals surface area contributed by atoms with Crippen LogP contribution in [0.25, 0.3) is 0 Å². The molecule has 2 nitrogen and oxygen atoms in total. The molecular formula is C18H31NO. The first-order valence-corrected chi connectivity index (χ1v) is 8.23. The molecule has 1 atom stereocenters. The smallest absolute Gasteiger partial charge is 0.119 e. The molecule has 2 N–H and O–H groups in total. The Morgan fingerprint density at radius 3 is 2.55 bits per heavy atom. The van der Waals surface area contributed by atoms with Gasteiger partial charge in [0.15, 0.2) is 0 Å². The molecule has 0 radical (unpaired) electrons. The molecule has 2 heteroatoms. The van der Waals surface area contributed by atoms with Crippen molar-refractivity contribution in [3.05, 3.63) is 29.8 Å².